The van der Waals surface area contributed by atoms with E-state index in [0.29, 0.717) is 13.2 Å². The molecular formula is C9H16N2O2. The molecule has 0 fully saturated rings. The molecule has 4 nitrogen and oxygen atoms in total. The lowest BCUT2D eigenvalue weighted by Gasteiger charge is -2.16. The Hall–Kier alpha value is -1.08. The van der Waals surface area contributed by atoms with Gasteiger partial charge in [0.25, 0.3) is 0 Å². The Labute approximate surface area is 79.1 Å². The van der Waals surface area contributed by atoms with Crippen LogP contribution >= 0.6 is 0 Å². The molecule has 0 aliphatic rings. The van der Waals surface area contributed by atoms with E-state index >= 15 is 0 Å². The molecule has 13 heavy (non-hydrogen) atoms. The van der Waals surface area contributed by atoms with Gasteiger partial charge >= 0.3 is 0 Å². The number of hydrogen-bond donors (Lipinski definition) is 0. The van der Waals surface area contributed by atoms with Crippen LogP contribution in [0.25, 0.3) is 0 Å². The molecule has 0 aliphatic carbocycles. The number of amides is 1. The highest BCUT2D eigenvalue weighted by Crippen LogP contribution is 1.92. The molecule has 0 aromatic carbocycles. The molecule has 0 saturated carbocycles. The van der Waals surface area contributed by atoms with Crippen molar-refractivity contribution >= 4 is 5.91 Å². The standard InChI is InChI=1S/C9H16N2O2/c1-8(2)13-7-6-11(3)9(12)4-5-10/h8H,4,6-7H2,1-3H3. The first-order valence-electron chi connectivity index (χ1n) is 4.30. The highest BCUT2D eigenvalue weighted by atomic mass is 16.5. The molecule has 0 spiro atoms. The van der Waals surface area contributed by atoms with Crippen LogP contribution in [0, 0.1) is 11.3 Å². The van der Waals surface area contributed by atoms with Gasteiger partial charge in [0.05, 0.1) is 18.8 Å². The predicted octanol–water partition coefficient (Wildman–Crippen LogP) is 0.783. The molecule has 0 aromatic heterocycles. The van der Waals surface area contributed by atoms with Gasteiger partial charge in [-0.3, -0.25) is 4.79 Å². The number of rotatable bonds is 5. The summed E-state index contributed by atoms with van der Waals surface area (Å²) in [6.07, 6.45) is 0.123. The summed E-state index contributed by atoms with van der Waals surface area (Å²) in [7, 11) is 1.67. The van der Waals surface area contributed by atoms with Crippen LogP contribution in [-0.4, -0.2) is 37.1 Å². The van der Waals surface area contributed by atoms with E-state index in [4.69, 9.17) is 10.00 Å². The first-order valence-corrected chi connectivity index (χ1v) is 4.30. The molecule has 74 valence electrons. The third kappa shape index (κ3) is 6.12. The largest absolute Gasteiger partial charge is 0.377 e. The van der Waals surface area contributed by atoms with Gasteiger partial charge in [-0.2, -0.15) is 5.26 Å². The fourth-order valence-corrected chi connectivity index (χ4v) is 0.753. The minimum atomic E-state index is -0.158. The van der Waals surface area contributed by atoms with Crippen LogP contribution in [0.3, 0.4) is 0 Å². The second kappa shape index (κ2) is 6.44. The number of hydrogen-bond acceptors (Lipinski definition) is 3. The van der Waals surface area contributed by atoms with E-state index in [9.17, 15) is 4.79 Å². The van der Waals surface area contributed by atoms with E-state index in [2.05, 4.69) is 0 Å². The van der Waals surface area contributed by atoms with Gasteiger partial charge in [-0.15, -0.1) is 0 Å². The summed E-state index contributed by atoms with van der Waals surface area (Å²) < 4.78 is 5.26. The normalized spacial score (nSPS) is 9.77. The molecule has 0 aromatic rings. The molecule has 0 aliphatic heterocycles. The van der Waals surface area contributed by atoms with Crippen molar-refractivity contribution in [2.24, 2.45) is 0 Å². The molecule has 0 heterocycles. The van der Waals surface area contributed by atoms with Crippen molar-refractivity contribution in [3.63, 3.8) is 0 Å². The van der Waals surface area contributed by atoms with Crippen molar-refractivity contribution in [3.8, 4) is 6.07 Å². The number of ether oxygens (including phenoxy) is 1. The van der Waals surface area contributed by atoms with E-state index in [0.717, 1.165) is 0 Å². The predicted molar refractivity (Wildman–Crippen MR) is 49.0 cm³/mol. The Balaban J connectivity index is 3.57. The van der Waals surface area contributed by atoms with Crippen molar-refractivity contribution in [2.45, 2.75) is 26.4 Å². The first kappa shape index (κ1) is 11.9. The maximum atomic E-state index is 11.1. The van der Waals surface area contributed by atoms with Crippen LogP contribution in [0.2, 0.25) is 0 Å². The number of nitrogens with zero attached hydrogens (tertiary/aromatic N) is 2. The second-order valence-electron chi connectivity index (χ2n) is 3.07. The molecule has 0 rings (SSSR count). The molecule has 0 N–H and O–H groups in total. The van der Waals surface area contributed by atoms with Crippen LogP contribution in [0.1, 0.15) is 20.3 Å². The molecule has 0 saturated heterocycles. The molecule has 0 radical (unpaired) electrons. The van der Waals surface area contributed by atoms with Gasteiger partial charge in [0.2, 0.25) is 5.91 Å². The fourth-order valence-electron chi connectivity index (χ4n) is 0.753. The maximum absolute atomic E-state index is 11.1. The van der Waals surface area contributed by atoms with Crippen molar-refractivity contribution in [2.75, 3.05) is 20.2 Å². The third-order valence-corrected chi connectivity index (χ3v) is 1.53. The molecule has 4 heteroatoms. The average molecular weight is 184 g/mol. The second-order valence-corrected chi connectivity index (χ2v) is 3.07. The Morgan fingerprint density at radius 1 is 1.62 bits per heavy atom. The van der Waals surface area contributed by atoms with Crippen LogP contribution in [0.5, 0.6) is 0 Å². The maximum Gasteiger partial charge on any atom is 0.236 e. The average Bonchev–Trinajstić information content (AvgIpc) is 2.04. The number of likely N-dealkylation sites (N-methyl/N-ethyl adjacent to an activating group) is 1. The molecule has 0 unspecified atom stereocenters. The van der Waals surface area contributed by atoms with E-state index in [1.165, 1.54) is 4.90 Å². The SMILES string of the molecule is CC(C)OCCN(C)C(=O)CC#N. The Bertz CT molecular complexity index is 196. The summed E-state index contributed by atoms with van der Waals surface area (Å²) in [4.78, 5) is 12.6. The van der Waals surface area contributed by atoms with Crippen LogP contribution in [0.15, 0.2) is 0 Å². The summed E-state index contributed by atoms with van der Waals surface area (Å²) in [5.41, 5.74) is 0. The highest BCUT2D eigenvalue weighted by Gasteiger charge is 2.07. The van der Waals surface area contributed by atoms with Crippen molar-refractivity contribution < 1.29 is 9.53 Å². The summed E-state index contributed by atoms with van der Waals surface area (Å²) in [5, 5.41) is 8.27. The molecule has 0 bridgehead atoms. The minimum absolute atomic E-state index is 0.0574. The lowest BCUT2D eigenvalue weighted by molar-refractivity contribution is -0.129. The smallest absolute Gasteiger partial charge is 0.236 e. The zero-order valence-corrected chi connectivity index (χ0v) is 8.41. The number of nitriles is 1. The van der Waals surface area contributed by atoms with Crippen LogP contribution in [0.4, 0.5) is 0 Å². The molecule has 1 amide bonds. The Kier molecular flexibility index (Phi) is 5.90. The number of carbonyl (C=O) groups is 1. The summed E-state index contributed by atoms with van der Waals surface area (Å²) in [6, 6.07) is 1.82. The van der Waals surface area contributed by atoms with E-state index in [1.54, 1.807) is 7.05 Å². The van der Waals surface area contributed by atoms with Crippen molar-refractivity contribution in [1.29, 1.82) is 5.26 Å². The third-order valence-electron chi connectivity index (χ3n) is 1.53. The van der Waals surface area contributed by atoms with Gasteiger partial charge in [0, 0.05) is 13.6 Å². The molecule has 0 atom stereocenters. The summed E-state index contributed by atoms with van der Waals surface area (Å²) in [5.74, 6) is -0.158. The lowest BCUT2D eigenvalue weighted by Crippen LogP contribution is -2.30. The van der Waals surface area contributed by atoms with Gasteiger partial charge in [-0.25, -0.2) is 0 Å². The Morgan fingerprint density at radius 2 is 2.23 bits per heavy atom. The first-order chi connectivity index (χ1) is 6.07. The highest BCUT2D eigenvalue weighted by molar-refractivity contribution is 5.77. The molecular weight excluding hydrogens is 168 g/mol. The van der Waals surface area contributed by atoms with Crippen LogP contribution in [-0.2, 0) is 9.53 Å². The lowest BCUT2D eigenvalue weighted by atomic mass is 10.4. The van der Waals surface area contributed by atoms with Gasteiger partial charge < -0.3 is 9.64 Å². The van der Waals surface area contributed by atoms with Gasteiger partial charge in [-0.05, 0) is 13.8 Å². The monoisotopic (exact) mass is 184 g/mol. The summed E-state index contributed by atoms with van der Waals surface area (Å²) >= 11 is 0. The summed E-state index contributed by atoms with van der Waals surface area (Å²) in [6.45, 7) is 4.94. The van der Waals surface area contributed by atoms with Crippen molar-refractivity contribution in [1.82, 2.24) is 4.90 Å². The van der Waals surface area contributed by atoms with E-state index < -0.39 is 0 Å². The van der Waals surface area contributed by atoms with Crippen LogP contribution < -0.4 is 0 Å². The van der Waals surface area contributed by atoms with E-state index in [1.807, 2.05) is 19.9 Å². The van der Waals surface area contributed by atoms with E-state index in [-0.39, 0.29) is 18.4 Å². The minimum Gasteiger partial charge on any atom is -0.377 e. The topological polar surface area (TPSA) is 53.3 Å². The fraction of sp³-hybridized carbons (Fsp3) is 0.778. The zero-order valence-electron chi connectivity index (χ0n) is 8.41. The van der Waals surface area contributed by atoms with Gasteiger partial charge in [-0.1, -0.05) is 0 Å². The van der Waals surface area contributed by atoms with Gasteiger partial charge in [0.1, 0.15) is 6.42 Å². The van der Waals surface area contributed by atoms with Gasteiger partial charge in [0.15, 0.2) is 0 Å². The number of carbonyl (C=O) groups excluding carboxylic acids is 1. The van der Waals surface area contributed by atoms with Crippen molar-refractivity contribution in [3.05, 3.63) is 0 Å². The quantitative estimate of drug-likeness (QED) is 0.634. The zero-order chi connectivity index (χ0) is 10.3. The Morgan fingerprint density at radius 3 is 2.69 bits per heavy atom.